The Kier molecular flexibility index (Phi) is 4.33. The van der Waals surface area contributed by atoms with Crippen molar-refractivity contribution in [2.45, 2.75) is 6.61 Å². The van der Waals surface area contributed by atoms with Crippen molar-refractivity contribution in [3.8, 4) is 0 Å². The molecule has 0 spiro atoms. The Morgan fingerprint density at radius 2 is 2.00 bits per heavy atom. The van der Waals surface area contributed by atoms with Crippen LogP contribution < -0.4 is 10.9 Å². The van der Waals surface area contributed by atoms with Gasteiger partial charge in [0.15, 0.2) is 0 Å². The van der Waals surface area contributed by atoms with Crippen molar-refractivity contribution in [1.29, 1.82) is 0 Å². The summed E-state index contributed by atoms with van der Waals surface area (Å²) < 4.78 is 5.08. The zero-order chi connectivity index (χ0) is 13.7. The van der Waals surface area contributed by atoms with Gasteiger partial charge in [0.1, 0.15) is 11.8 Å². The summed E-state index contributed by atoms with van der Waals surface area (Å²) in [5.41, 5.74) is 1.29. The third-order valence-corrected chi connectivity index (χ3v) is 2.62. The van der Waals surface area contributed by atoms with Crippen LogP contribution in [-0.2, 0) is 11.3 Å². The van der Waals surface area contributed by atoms with Gasteiger partial charge in [-0.3, -0.25) is 0 Å². The van der Waals surface area contributed by atoms with Crippen LogP contribution in [0.5, 0.6) is 0 Å². The van der Waals surface area contributed by atoms with Gasteiger partial charge in [-0.05, 0) is 17.7 Å². The summed E-state index contributed by atoms with van der Waals surface area (Å²) in [5.74, 6) is 5.63. The first kappa shape index (κ1) is 13.3. The van der Waals surface area contributed by atoms with Gasteiger partial charge in [0.05, 0.1) is 11.9 Å². The van der Waals surface area contributed by atoms with E-state index in [0.29, 0.717) is 10.8 Å². The minimum absolute atomic E-state index is 0.161. The molecule has 0 aliphatic carbocycles. The van der Waals surface area contributed by atoms with Gasteiger partial charge in [0, 0.05) is 0 Å². The molecule has 2 aromatic rings. The fourth-order valence-electron chi connectivity index (χ4n) is 1.40. The van der Waals surface area contributed by atoms with Crippen LogP contribution in [0.3, 0.4) is 0 Å². The Hall–Kier alpha value is -2.11. The first-order chi connectivity index (χ1) is 9.16. The standard InChI is InChI=1S/C13H12ClN3O2/c14-12-7-6-11(8-16-12)17(15)13(18)19-9-10-4-2-1-3-5-10/h1-8H,9,15H2. The monoisotopic (exact) mass is 277 g/mol. The Morgan fingerprint density at radius 1 is 1.26 bits per heavy atom. The topological polar surface area (TPSA) is 68.5 Å². The molecule has 0 saturated carbocycles. The summed E-state index contributed by atoms with van der Waals surface area (Å²) in [5, 5.41) is 1.21. The van der Waals surface area contributed by atoms with Crippen LogP contribution in [0, 0.1) is 0 Å². The molecular formula is C13H12ClN3O2. The summed E-state index contributed by atoms with van der Waals surface area (Å²) in [4.78, 5) is 15.6. The first-order valence-corrected chi connectivity index (χ1v) is 5.91. The minimum Gasteiger partial charge on any atom is -0.443 e. The zero-order valence-electron chi connectivity index (χ0n) is 9.99. The molecule has 19 heavy (non-hydrogen) atoms. The number of nitrogens with zero attached hydrogens (tertiary/aromatic N) is 2. The Morgan fingerprint density at radius 3 is 2.63 bits per heavy atom. The number of carbonyl (C=O) groups is 1. The van der Waals surface area contributed by atoms with E-state index >= 15 is 0 Å². The zero-order valence-corrected chi connectivity index (χ0v) is 10.7. The maximum absolute atomic E-state index is 11.7. The third kappa shape index (κ3) is 3.67. The molecule has 1 amide bonds. The van der Waals surface area contributed by atoms with Crippen molar-refractivity contribution >= 4 is 23.4 Å². The first-order valence-electron chi connectivity index (χ1n) is 5.54. The highest BCUT2D eigenvalue weighted by Gasteiger charge is 2.13. The van der Waals surface area contributed by atoms with Crippen LogP contribution in [0.1, 0.15) is 5.56 Å². The van der Waals surface area contributed by atoms with Gasteiger partial charge in [-0.15, -0.1) is 0 Å². The Balaban J connectivity index is 1.94. The minimum atomic E-state index is -0.659. The third-order valence-electron chi connectivity index (χ3n) is 2.39. The molecule has 6 heteroatoms. The Bertz CT molecular complexity index is 546. The number of nitrogens with two attached hydrogens (primary N) is 1. The number of aromatic nitrogens is 1. The average molecular weight is 278 g/mol. The largest absolute Gasteiger partial charge is 0.443 e. The van der Waals surface area contributed by atoms with Crippen molar-refractivity contribution in [3.63, 3.8) is 0 Å². The van der Waals surface area contributed by atoms with E-state index in [-0.39, 0.29) is 6.61 Å². The summed E-state index contributed by atoms with van der Waals surface area (Å²) >= 11 is 5.65. The van der Waals surface area contributed by atoms with E-state index in [4.69, 9.17) is 22.2 Å². The van der Waals surface area contributed by atoms with Gasteiger partial charge in [-0.2, -0.15) is 0 Å². The van der Waals surface area contributed by atoms with E-state index in [9.17, 15) is 4.79 Å². The fraction of sp³-hybridized carbons (Fsp3) is 0.0769. The Labute approximate surface area is 115 Å². The number of pyridine rings is 1. The van der Waals surface area contributed by atoms with Crippen molar-refractivity contribution in [2.75, 3.05) is 5.01 Å². The van der Waals surface area contributed by atoms with Crippen LogP contribution in [0.4, 0.5) is 10.5 Å². The van der Waals surface area contributed by atoms with Crippen LogP contribution in [0.2, 0.25) is 5.15 Å². The van der Waals surface area contributed by atoms with Crippen LogP contribution in [-0.4, -0.2) is 11.1 Å². The molecule has 0 unspecified atom stereocenters. The van der Waals surface area contributed by atoms with Crippen molar-refractivity contribution < 1.29 is 9.53 Å². The number of hydrogen-bond donors (Lipinski definition) is 1. The second-order valence-electron chi connectivity index (χ2n) is 3.75. The van der Waals surface area contributed by atoms with E-state index in [2.05, 4.69) is 4.98 Å². The second-order valence-corrected chi connectivity index (χ2v) is 4.14. The van der Waals surface area contributed by atoms with Gasteiger partial charge in [0.2, 0.25) is 0 Å². The summed E-state index contributed by atoms with van der Waals surface area (Å²) in [6.07, 6.45) is 0.736. The smallest absolute Gasteiger partial charge is 0.429 e. The lowest BCUT2D eigenvalue weighted by Gasteiger charge is -2.16. The molecule has 0 fully saturated rings. The summed E-state index contributed by atoms with van der Waals surface area (Å²) in [7, 11) is 0. The van der Waals surface area contributed by atoms with Gasteiger partial charge < -0.3 is 4.74 Å². The highest BCUT2D eigenvalue weighted by atomic mass is 35.5. The van der Waals surface area contributed by atoms with E-state index < -0.39 is 6.09 Å². The average Bonchev–Trinajstić information content (AvgIpc) is 2.46. The molecule has 5 nitrogen and oxygen atoms in total. The van der Waals surface area contributed by atoms with E-state index in [0.717, 1.165) is 10.6 Å². The van der Waals surface area contributed by atoms with Gasteiger partial charge in [0.25, 0.3) is 0 Å². The highest BCUT2D eigenvalue weighted by molar-refractivity contribution is 6.29. The molecule has 98 valence electrons. The molecule has 0 bridgehead atoms. The molecular weight excluding hydrogens is 266 g/mol. The molecule has 1 aromatic heterocycles. The predicted molar refractivity (Wildman–Crippen MR) is 72.5 cm³/mol. The highest BCUT2D eigenvalue weighted by Crippen LogP contribution is 2.13. The van der Waals surface area contributed by atoms with Crippen LogP contribution in [0.25, 0.3) is 0 Å². The number of ether oxygens (including phenoxy) is 1. The van der Waals surface area contributed by atoms with E-state index in [1.54, 1.807) is 12.1 Å². The second kappa shape index (κ2) is 6.17. The maximum Gasteiger partial charge on any atom is 0.429 e. The summed E-state index contributed by atoms with van der Waals surface area (Å²) in [6, 6.07) is 12.5. The maximum atomic E-state index is 11.7. The normalized spacial score (nSPS) is 10.0. The molecule has 0 aliphatic heterocycles. The van der Waals surface area contributed by atoms with Gasteiger partial charge in [-0.1, -0.05) is 41.9 Å². The number of carbonyl (C=O) groups excluding carboxylic acids is 1. The lowest BCUT2D eigenvalue weighted by atomic mass is 10.2. The number of benzene rings is 1. The molecule has 0 aliphatic rings. The van der Waals surface area contributed by atoms with Gasteiger partial charge >= 0.3 is 6.09 Å². The SMILES string of the molecule is NN(C(=O)OCc1ccccc1)c1ccc(Cl)nc1. The number of halogens is 1. The molecule has 1 aromatic carbocycles. The van der Waals surface area contributed by atoms with Gasteiger partial charge in [-0.25, -0.2) is 20.6 Å². The van der Waals surface area contributed by atoms with Crippen molar-refractivity contribution in [1.82, 2.24) is 4.98 Å². The van der Waals surface area contributed by atoms with Crippen molar-refractivity contribution in [3.05, 3.63) is 59.4 Å². The predicted octanol–water partition coefficient (Wildman–Crippen LogP) is 2.75. The lowest BCUT2D eigenvalue weighted by Crippen LogP contribution is -2.37. The van der Waals surface area contributed by atoms with Crippen LogP contribution >= 0.6 is 11.6 Å². The lowest BCUT2D eigenvalue weighted by molar-refractivity contribution is 0.147. The molecule has 0 atom stereocenters. The molecule has 1 heterocycles. The molecule has 0 saturated heterocycles. The molecule has 0 radical (unpaired) electrons. The number of rotatable bonds is 3. The van der Waals surface area contributed by atoms with E-state index in [1.165, 1.54) is 6.20 Å². The molecule has 2 rings (SSSR count). The number of amides is 1. The summed E-state index contributed by atoms with van der Waals surface area (Å²) in [6.45, 7) is 0.161. The molecule has 2 N–H and O–H groups in total. The number of hydrazine groups is 1. The number of anilines is 1. The number of hydrogen-bond acceptors (Lipinski definition) is 4. The van der Waals surface area contributed by atoms with Crippen molar-refractivity contribution in [2.24, 2.45) is 5.84 Å². The fourth-order valence-corrected chi connectivity index (χ4v) is 1.52. The van der Waals surface area contributed by atoms with E-state index in [1.807, 2.05) is 30.3 Å². The quantitative estimate of drug-likeness (QED) is 0.405. The van der Waals surface area contributed by atoms with Crippen LogP contribution in [0.15, 0.2) is 48.7 Å².